The maximum absolute atomic E-state index is 9.51. The molecule has 0 unspecified atom stereocenters. The van der Waals surface area contributed by atoms with Crippen molar-refractivity contribution in [1.29, 1.82) is 0 Å². The maximum Gasteiger partial charge on any atom is 0.0693 e. The van der Waals surface area contributed by atoms with Crippen LogP contribution >= 0.6 is 103 Å². The highest BCUT2D eigenvalue weighted by Crippen LogP contribution is 2.36. The summed E-state index contributed by atoms with van der Waals surface area (Å²) in [4.78, 5) is 9.32. The number of nitrogens with one attached hydrogen (secondary N) is 1. The van der Waals surface area contributed by atoms with E-state index in [1.807, 2.05) is 31.3 Å². The van der Waals surface area contributed by atoms with Gasteiger partial charge in [0.05, 0.1) is 19.8 Å². The van der Waals surface area contributed by atoms with Gasteiger partial charge < -0.3 is 25.5 Å². The maximum atomic E-state index is 9.51. The first-order valence-corrected chi connectivity index (χ1v) is 24.5. The monoisotopic (exact) mass is 1170 g/mol. The van der Waals surface area contributed by atoms with Gasteiger partial charge in [0.1, 0.15) is 0 Å². The van der Waals surface area contributed by atoms with Gasteiger partial charge in [0.15, 0.2) is 0 Å². The van der Waals surface area contributed by atoms with Crippen molar-refractivity contribution >= 4 is 103 Å². The standard InChI is InChI=1S/C16H18INOS.C16H17IOS.C15H16INOS/c1-18(2)10-12-5-3-4-6-15(12)20-16-8-7-14(17)9-13(16)11-19;1-2-5-12-6-3-4-7-15(12)19-16-9-8-14(17)10-13(16)11-18;1-17-9-11-4-2-3-5-14(11)19-15-7-6-13(16)8-12(15)10-18/h3-9,19H,10-11H2,1-2H3;3-4,6-10,18H,2,5,11H2,1H3;2-8,17-18H,9-10H2,1H3. The zero-order valence-corrected chi connectivity index (χ0v) is 42.1. The molecule has 0 aromatic heterocycles. The quantitative estimate of drug-likeness (QED) is 0.0758. The normalized spacial score (nSPS) is 10.8. The molecule has 6 rings (SSSR count). The molecule has 0 saturated carbocycles. The lowest BCUT2D eigenvalue weighted by Crippen LogP contribution is -2.11. The second-order valence-electron chi connectivity index (χ2n) is 13.4. The third-order valence-electron chi connectivity index (χ3n) is 8.53. The molecule has 11 heteroatoms. The first-order chi connectivity index (χ1) is 28.1. The van der Waals surface area contributed by atoms with Gasteiger partial charge in [-0.15, -0.1) is 0 Å². The van der Waals surface area contributed by atoms with Crippen molar-refractivity contribution < 1.29 is 15.3 Å². The van der Waals surface area contributed by atoms with Crippen molar-refractivity contribution in [2.24, 2.45) is 0 Å². The Bertz CT molecular complexity index is 2090. The van der Waals surface area contributed by atoms with Crippen LogP contribution in [0.3, 0.4) is 0 Å². The van der Waals surface area contributed by atoms with Crippen molar-refractivity contribution in [3.8, 4) is 0 Å². The number of aryl methyl sites for hydroxylation is 1. The van der Waals surface area contributed by atoms with Crippen LogP contribution in [0, 0.1) is 10.7 Å². The number of halogens is 3. The Morgan fingerprint density at radius 2 is 0.828 bits per heavy atom. The third-order valence-corrected chi connectivity index (χ3v) is 14.3. The summed E-state index contributed by atoms with van der Waals surface area (Å²) in [6, 6.07) is 43.9. The summed E-state index contributed by atoms with van der Waals surface area (Å²) >= 11 is 12.0. The van der Waals surface area contributed by atoms with Gasteiger partial charge in [0.25, 0.3) is 0 Å². The van der Waals surface area contributed by atoms with E-state index in [-0.39, 0.29) is 19.8 Å². The van der Waals surface area contributed by atoms with Crippen molar-refractivity contribution in [3.63, 3.8) is 0 Å². The molecule has 0 heterocycles. The zero-order valence-electron chi connectivity index (χ0n) is 33.2. The van der Waals surface area contributed by atoms with Crippen LogP contribution in [0.5, 0.6) is 0 Å². The lowest BCUT2D eigenvalue weighted by Gasteiger charge is -2.15. The van der Waals surface area contributed by atoms with Gasteiger partial charge in [-0.2, -0.15) is 0 Å². The van der Waals surface area contributed by atoms with E-state index in [0.29, 0.717) is 0 Å². The van der Waals surface area contributed by atoms with Gasteiger partial charge in [0, 0.05) is 53.2 Å². The predicted octanol–water partition coefficient (Wildman–Crippen LogP) is 12.5. The SMILES string of the molecule is CCCc1ccccc1Sc1ccc(I)cc1CO.CN(C)Cc1ccccc1Sc1ccc(I)cc1CO.CNCc1ccccc1Sc1ccc(I)cc1CO. The molecule has 0 amide bonds. The van der Waals surface area contributed by atoms with Gasteiger partial charge in [-0.25, -0.2) is 0 Å². The van der Waals surface area contributed by atoms with Gasteiger partial charge in [-0.05, 0) is 202 Å². The Balaban J connectivity index is 0.000000193. The smallest absolute Gasteiger partial charge is 0.0693 e. The summed E-state index contributed by atoms with van der Waals surface area (Å²) in [6.45, 7) is 4.22. The lowest BCUT2D eigenvalue weighted by molar-refractivity contribution is 0.278. The molecule has 5 nitrogen and oxygen atoms in total. The highest BCUT2D eigenvalue weighted by Gasteiger charge is 2.11. The topological polar surface area (TPSA) is 76.0 Å². The Labute approximate surface area is 399 Å². The number of aliphatic hydroxyl groups is 3. The first-order valence-electron chi connectivity index (χ1n) is 18.8. The molecule has 0 aliphatic rings. The molecule has 0 atom stereocenters. The molecular weight excluding hydrogens is 1120 g/mol. The van der Waals surface area contributed by atoms with Gasteiger partial charge in [0.2, 0.25) is 0 Å². The second kappa shape index (κ2) is 26.6. The number of benzene rings is 6. The molecule has 0 spiro atoms. The molecule has 0 radical (unpaired) electrons. The fraction of sp³-hybridized carbons (Fsp3) is 0.234. The molecular formula is C47H51I3N2O3S3. The van der Waals surface area contributed by atoms with Crippen LogP contribution in [-0.4, -0.2) is 41.4 Å². The van der Waals surface area contributed by atoms with E-state index in [0.717, 1.165) is 68.0 Å². The van der Waals surface area contributed by atoms with E-state index < -0.39 is 0 Å². The van der Waals surface area contributed by atoms with Crippen LogP contribution < -0.4 is 5.32 Å². The van der Waals surface area contributed by atoms with Gasteiger partial charge >= 0.3 is 0 Å². The highest BCUT2D eigenvalue weighted by molar-refractivity contribution is 14.1. The fourth-order valence-corrected chi connectivity index (χ4v) is 10.6. The molecule has 0 aliphatic carbocycles. The van der Waals surface area contributed by atoms with E-state index in [1.165, 1.54) is 31.4 Å². The molecule has 4 N–H and O–H groups in total. The number of hydrogen-bond acceptors (Lipinski definition) is 8. The summed E-state index contributed by atoms with van der Waals surface area (Å²) in [5.74, 6) is 0. The van der Waals surface area contributed by atoms with E-state index in [1.54, 1.807) is 35.3 Å². The molecule has 6 aromatic rings. The lowest BCUT2D eigenvalue weighted by atomic mass is 10.1. The Morgan fingerprint density at radius 1 is 0.483 bits per heavy atom. The molecule has 0 bridgehead atoms. The van der Waals surface area contributed by atoms with Crippen LogP contribution in [-0.2, 0) is 39.3 Å². The molecule has 58 heavy (non-hydrogen) atoms. The average molecular weight is 1170 g/mol. The van der Waals surface area contributed by atoms with E-state index in [9.17, 15) is 15.3 Å². The molecule has 0 aliphatic heterocycles. The fourth-order valence-electron chi connectivity index (χ4n) is 5.76. The minimum absolute atomic E-state index is 0.0768. The largest absolute Gasteiger partial charge is 0.392 e. The van der Waals surface area contributed by atoms with Gasteiger partial charge in [-0.3, -0.25) is 0 Å². The van der Waals surface area contributed by atoms with Crippen molar-refractivity contribution in [2.75, 3.05) is 21.1 Å². The zero-order chi connectivity index (χ0) is 41.9. The van der Waals surface area contributed by atoms with Gasteiger partial charge in [-0.1, -0.05) is 103 Å². The van der Waals surface area contributed by atoms with Crippen LogP contribution in [0.2, 0.25) is 0 Å². The predicted molar refractivity (Wildman–Crippen MR) is 271 cm³/mol. The second-order valence-corrected chi connectivity index (χ2v) is 20.4. The molecule has 6 aromatic carbocycles. The summed E-state index contributed by atoms with van der Waals surface area (Å²) in [7, 11) is 6.10. The molecule has 0 fully saturated rings. The van der Waals surface area contributed by atoms with E-state index in [4.69, 9.17) is 0 Å². The van der Waals surface area contributed by atoms with E-state index in [2.05, 4.69) is 202 Å². The first kappa shape index (κ1) is 49.0. The summed E-state index contributed by atoms with van der Waals surface area (Å²) in [5, 5.41) is 31.6. The third kappa shape index (κ3) is 16.0. The van der Waals surface area contributed by atoms with Crippen molar-refractivity contribution in [2.45, 2.75) is 82.0 Å². The number of nitrogens with zero attached hydrogens (tertiary/aromatic N) is 1. The van der Waals surface area contributed by atoms with Crippen LogP contribution in [0.4, 0.5) is 0 Å². The average Bonchev–Trinajstić information content (AvgIpc) is 3.22. The molecule has 306 valence electrons. The van der Waals surface area contributed by atoms with Crippen LogP contribution in [0.15, 0.2) is 157 Å². The summed E-state index contributed by atoms with van der Waals surface area (Å²) in [5.41, 5.74) is 6.95. The highest BCUT2D eigenvalue weighted by atomic mass is 127. The Kier molecular flexibility index (Phi) is 22.5. The van der Waals surface area contributed by atoms with Crippen molar-refractivity contribution in [3.05, 3.63) is 171 Å². The van der Waals surface area contributed by atoms with E-state index >= 15 is 0 Å². The van der Waals surface area contributed by atoms with Crippen LogP contribution in [0.25, 0.3) is 0 Å². The van der Waals surface area contributed by atoms with Crippen molar-refractivity contribution in [1.82, 2.24) is 10.2 Å². The summed E-state index contributed by atoms with van der Waals surface area (Å²) < 4.78 is 3.46. The molecule has 0 saturated heterocycles. The number of hydrogen-bond donors (Lipinski definition) is 4. The minimum atomic E-state index is 0.0768. The number of aliphatic hydroxyl groups excluding tert-OH is 3. The van der Waals surface area contributed by atoms with Crippen LogP contribution in [0.1, 0.15) is 46.7 Å². The number of rotatable bonds is 15. The Morgan fingerprint density at radius 3 is 1.21 bits per heavy atom. The summed E-state index contributed by atoms with van der Waals surface area (Å²) in [6.07, 6.45) is 2.25. The minimum Gasteiger partial charge on any atom is -0.392 e. The Hall–Kier alpha value is -1.64.